The lowest BCUT2D eigenvalue weighted by Gasteiger charge is -2.22. The largest absolute Gasteiger partial charge is 0.397 e. The zero-order chi connectivity index (χ0) is 13.4. The molecular weight excluding hydrogens is 258 g/mol. The predicted octanol–water partition coefficient (Wildman–Crippen LogP) is 2.59. The van der Waals surface area contributed by atoms with Crippen LogP contribution in [0.25, 0.3) is 10.2 Å². The molecule has 98 valence electrons. The zero-order valence-electron chi connectivity index (χ0n) is 10.7. The van der Waals surface area contributed by atoms with Crippen molar-refractivity contribution in [2.24, 2.45) is 0 Å². The summed E-state index contributed by atoms with van der Waals surface area (Å²) in [7, 11) is 0. The highest BCUT2D eigenvalue weighted by molar-refractivity contribution is 7.21. The number of aryl methyl sites for hydroxylation is 1. The molecule has 5 heteroatoms. The third-order valence-corrected chi connectivity index (χ3v) is 4.48. The lowest BCUT2D eigenvalue weighted by Crippen LogP contribution is -2.33. The number of aromatic nitrogens is 1. The Morgan fingerprint density at radius 3 is 3.00 bits per heavy atom. The number of thiophene rings is 1. The van der Waals surface area contributed by atoms with Gasteiger partial charge in [-0.25, -0.2) is 4.98 Å². The van der Waals surface area contributed by atoms with Gasteiger partial charge in [-0.2, -0.15) is 0 Å². The van der Waals surface area contributed by atoms with Crippen molar-refractivity contribution in [2.75, 3.05) is 18.8 Å². The lowest BCUT2D eigenvalue weighted by atomic mass is 10.1. The van der Waals surface area contributed by atoms with Crippen LogP contribution in [0.5, 0.6) is 0 Å². The van der Waals surface area contributed by atoms with Gasteiger partial charge in [-0.1, -0.05) is 12.2 Å². The maximum atomic E-state index is 12.5. The first-order chi connectivity index (χ1) is 9.18. The van der Waals surface area contributed by atoms with Crippen LogP contribution in [0.1, 0.15) is 21.7 Å². The molecule has 19 heavy (non-hydrogen) atoms. The van der Waals surface area contributed by atoms with Gasteiger partial charge in [0.15, 0.2) is 0 Å². The maximum absolute atomic E-state index is 12.5. The second-order valence-corrected chi connectivity index (χ2v) is 5.66. The quantitative estimate of drug-likeness (QED) is 0.812. The van der Waals surface area contributed by atoms with Crippen molar-refractivity contribution in [1.29, 1.82) is 0 Å². The molecule has 0 aliphatic carbocycles. The van der Waals surface area contributed by atoms with Gasteiger partial charge in [-0.15, -0.1) is 11.3 Å². The van der Waals surface area contributed by atoms with Gasteiger partial charge in [0.1, 0.15) is 9.71 Å². The van der Waals surface area contributed by atoms with Gasteiger partial charge in [0, 0.05) is 24.7 Å². The second kappa shape index (κ2) is 4.66. The molecule has 2 aromatic heterocycles. The van der Waals surface area contributed by atoms with Crippen molar-refractivity contribution in [1.82, 2.24) is 9.88 Å². The highest BCUT2D eigenvalue weighted by Gasteiger charge is 2.23. The van der Waals surface area contributed by atoms with Gasteiger partial charge in [0.05, 0.1) is 5.69 Å². The van der Waals surface area contributed by atoms with Crippen LogP contribution in [-0.4, -0.2) is 28.9 Å². The molecule has 2 aromatic rings. The van der Waals surface area contributed by atoms with Crippen LogP contribution >= 0.6 is 11.3 Å². The van der Waals surface area contributed by atoms with E-state index in [-0.39, 0.29) is 5.91 Å². The number of hydrogen-bond donors (Lipinski definition) is 1. The van der Waals surface area contributed by atoms with E-state index in [2.05, 4.69) is 11.1 Å². The van der Waals surface area contributed by atoms with Gasteiger partial charge in [0.25, 0.3) is 5.91 Å². The standard InChI is InChI=1S/C14H15N3OS/c1-9-5-6-16-13-10(9)11(15)12(19-13)14(18)17-7-3-2-4-8-17/h2-3,5-6H,4,7-8,15H2,1H3. The Morgan fingerprint density at radius 1 is 1.47 bits per heavy atom. The molecule has 0 bridgehead atoms. The summed E-state index contributed by atoms with van der Waals surface area (Å²) >= 11 is 1.39. The molecule has 0 aromatic carbocycles. The molecule has 0 unspecified atom stereocenters. The van der Waals surface area contributed by atoms with E-state index in [1.54, 1.807) is 6.20 Å². The van der Waals surface area contributed by atoms with Crippen LogP contribution in [0.3, 0.4) is 0 Å². The molecule has 1 aliphatic rings. The van der Waals surface area contributed by atoms with Crippen LogP contribution < -0.4 is 5.73 Å². The molecular formula is C14H15N3OS. The van der Waals surface area contributed by atoms with E-state index in [9.17, 15) is 4.79 Å². The topological polar surface area (TPSA) is 59.2 Å². The molecule has 2 N–H and O–H groups in total. The number of nitrogen functional groups attached to an aromatic ring is 1. The molecule has 3 heterocycles. The van der Waals surface area contributed by atoms with E-state index < -0.39 is 0 Å². The summed E-state index contributed by atoms with van der Waals surface area (Å²) in [5.74, 6) is 0.0178. The molecule has 1 aliphatic heterocycles. The summed E-state index contributed by atoms with van der Waals surface area (Å²) in [6.45, 7) is 3.42. The number of nitrogens with two attached hydrogens (primary N) is 1. The van der Waals surface area contributed by atoms with Gasteiger partial charge < -0.3 is 10.6 Å². The average Bonchev–Trinajstić information content (AvgIpc) is 2.78. The molecule has 4 nitrogen and oxygen atoms in total. The second-order valence-electron chi connectivity index (χ2n) is 4.66. The lowest BCUT2D eigenvalue weighted by molar-refractivity contribution is 0.0777. The summed E-state index contributed by atoms with van der Waals surface area (Å²) in [4.78, 5) is 20.1. The van der Waals surface area contributed by atoms with Crippen LogP contribution in [-0.2, 0) is 0 Å². The van der Waals surface area contributed by atoms with Crippen molar-refractivity contribution >= 4 is 33.1 Å². The summed E-state index contributed by atoms with van der Waals surface area (Å²) in [6, 6.07) is 1.92. The van der Waals surface area contributed by atoms with Crippen LogP contribution in [0.2, 0.25) is 0 Å². The van der Waals surface area contributed by atoms with Crippen LogP contribution in [0, 0.1) is 6.92 Å². The van der Waals surface area contributed by atoms with Crippen molar-refractivity contribution in [3.8, 4) is 0 Å². The zero-order valence-corrected chi connectivity index (χ0v) is 11.5. The normalized spacial score (nSPS) is 15.1. The van der Waals surface area contributed by atoms with Crippen molar-refractivity contribution in [2.45, 2.75) is 13.3 Å². The molecule has 0 saturated carbocycles. The first kappa shape index (κ1) is 12.2. The Balaban J connectivity index is 2.05. The predicted molar refractivity (Wildman–Crippen MR) is 78.4 cm³/mol. The monoisotopic (exact) mass is 273 g/mol. The molecule has 1 amide bonds. The van der Waals surface area contributed by atoms with Crippen LogP contribution in [0.15, 0.2) is 24.4 Å². The first-order valence-electron chi connectivity index (χ1n) is 6.26. The van der Waals surface area contributed by atoms with Gasteiger partial charge in [-0.3, -0.25) is 4.79 Å². The molecule has 0 spiro atoms. The summed E-state index contributed by atoms with van der Waals surface area (Å²) < 4.78 is 0. The number of carbonyl (C=O) groups is 1. The fraction of sp³-hybridized carbons (Fsp3) is 0.286. The Bertz CT molecular complexity index is 675. The fourth-order valence-electron chi connectivity index (χ4n) is 2.33. The number of fused-ring (bicyclic) bond motifs is 1. The molecule has 0 fully saturated rings. The number of amides is 1. The minimum Gasteiger partial charge on any atom is -0.397 e. The van der Waals surface area contributed by atoms with Gasteiger partial charge >= 0.3 is 0 Å². The van der Waals surface area contributed by atoms with E-state index >= 15 is 0 Å². The highest BCUT2D eigenvalue weighted by atomic mass is 32.1. The highest BCUT2D eigenvalue weighted by Crippen LogP contribution is 2.35. The Labute approximate surface area is 115 Å². The van der Waals surface area contributed by atoms with Crippen molar-refractivity contribution in [3.63, 3.8) is 0 Å². The van der Waals surface area contributed by atoms with E-state index in [1.165, 1.54) is 11.3 Å². The molecule has 0 radical (unpaired) electrons. The number of pyridine rings is 1. The maximum Gasteiger partial charge on any atom is 0.266 e. The van der Waals surface area contributed by atoms with Gasteiger partial charge in [0.2, 0.25) is 0 Å². The summed E-state index contributed by atoms with van der Waals surface area (Å²) in [5.41, 5.74) is 7.79. The van der Waals surface area contributed by atoms with E-state index in [4.69, 9.17) is 5.73 Å². The molecule has 3 rings (SSSR count). The third kappa shape index (κ3) is 2.00. The minimum atomic E-state index is 0.0178. The van der Waals surface area contributed by atoms with E-state index in [0.717, 1.165) is 28.7 Å². The van der Waals surface area contributed by atoms with Gasteiger partial charge in [-0.05, 0) is 25.0 Å². The molecule has 0 saturated heterocycles. The van der Waals surface area contributed by atoms with E-state index in [1.807, 2.05) is 24.0 Å². The summed E-state index contributed by atoms with van der Waals surface area (Å²) in [5, 5.41) is 0.920. The van der Waals surface area contributed by atoms with Crippen molar-refractivity contribution in [3.05, 3.63) is 34.9 Å². The number of hydrogen-bond acceptors (Lipinski definition) is 4. The van der Waals surface area contributed by atoms with Crippen LogP contribution in [0.4, 0.5) is 5.69 Å². The van der Waals surface area contributed by atoms with Crippen molar-refractivity contribution < 1.29 is 4.79 Å². The number of carbonyl (C=O) groups excluding carboxylic acids is 1. The number of anilines is 1. The third-order valence-electron chi connectivity index (χ3n) is 3.38. The number of rotatable bonds is 1. The fourth-order valence-corrected chi connectivity index (χ4v) is 3.44. The SMILES string of the molecule is Cc1ccnc2sc(C(=O)N3CC=CCC3)c(N)c12. The minimum absolute atomic E-state index is 0.0178. The number of nitrogens with zero attached hydrogens (tertiary/aromatic N) is 2. The summed E-state index contributed by atoms with van der Waals surface area (Å²) in [6.07, 6.45) is 6.79. The Kier molecular flexibility index (Phi) is 2.98. The molecule has 0 atom stereocenters. The average molecular weight is 273 g/mol. The smallest absolute Gasteiger partial charge is 0.266 e. The Morgan fingerprint density at radius 2 is 2.32 bits per heavy atom. The first-order valence-corrected chi connectivity index (χ1v) is 7.08. The van der Waals surface area contributed by atoms with E-state index in [0.29, 0.717) is 17.1 Å². The Hall–Kier alpha value is -1.88.